The zero-order valence-corrected chi connectivity index (χ0v) is 21.7. The van der Waals surface area contributed by atoms with Gasteiger partial charge in [-0.2, -0.15) is 0 Å². The Balaban J connectivity index is 1.88. The molecule has 1 aromatic carbocycles. The van der Waals surface area contributed by atoms with Crippen molar-refractivity contribution in [3.63, 3.8) is 0 Å². The molecule has 196 valence electrons. The molecule has 0 aromatic heterocycles. The van der Waals surface area contributed by atoms with Gasteiger partial charge in [-0.25, -0.2) is 13.1 Å². The summed E-state index contributed by atoms with van der Waals surface area (Å²) in [6.45, 7) is 16.8. The molecule has 1 aromatic rings. The van der Waals surface area contributed by atoms with Crippen molar-refractivity contribution in [2.24, 2.45) is 0 Å². The molecule has 2 heterocycles. The third kappa shape index (κ3) is 6.44. The number of fused-ring (bicyclic) bond motifs is 1. The molecule has 9 nitrogen and oxygen atoms in total. The van der Waals surface area contributed by atoms with E-state index in [9.17, 15) is 13.2 Å². The van der Waals surface area contributed by atoms with E-state index in [-0.39, 0.29) is 36.1 Å². The predicted octanol–water partition coefficient (Wildman–Crippen LogP) is 2.91. The molecule has 0 aliphatic carbocycles. The fourth-order valence-electron chi connectivity index (χ4n) is 4.24. The largest absolute Gasteiger partial charge is 0.476 e. The summed E-state index contributed by atoms with van der Waals surface area (Å²) in [5.41, 5.74) is 2.78. The number of amides is 1. The molecular formula is C26H35N3O6S. The highest BCUT2D eigenvalue weighted by atomic mass is 32.2. The van der Waals surface area contributed by atoms with Gasteiger partial charge in [-0.15, -0.1) is 0 Å². The molecular weight excluding hydrogens is 482 g/mol. The Kier molecular flexibility index (Phi) is 9.13. The molecule has 1 amide bonds. The van der Waals surface area contributed by atoms with Crippen molar-refractivity contribution in [1.29, 1.82) is 0 Å². The molecule has 1 fully saturated rings. The molecule has 0 bridgehead atoms. The Bertz CT molecular complexity index is 1150. The van der Waals surface area contributed by atoms with Gasteiger partial charge >= 0.3 is 0 Å². The van der Waals surface area contributed by atoms with E-state index in [4.69, 9.17) is 14.6 Å². The van der Waals surface area contributed by atoms with Crippen LogP contribution in [0.5, 0.6) is 0 Å². The molecule has 1 unspecified atom stereocenters. The van der Waals surface area contributed by atoms with Gasteiger partial charge in [-0.1, -0.05) is 25.3 Å². The second kappa shape index (κ2) is 11.9. The minimum Gasteiger partial charge on any atom is -0.476 e. The molecule has 1 atom stereocenters. The summed E-state index contributed by atoms with van der Waals surface area (Å²) in [7, 11) is -3.79. The molecule has 10 heteroatoms. The van der Waals surface area contributed by atoms with Crippen molar-refractivity contribution in [2.45, 2.75) is 38.8 Å². The lowest BCUT2D eigenvalue weighted by Gasteiger charge is -2.42. The zero-order chi connectivity index (χ0) is 26.5. The first-order valence-electron chi connectivity index (χ1n) is 11.9. The van der Waals surface area contributed by atoms with Crippen LogP contribution in [-0.4, -0.2) is 64.5 Å². The number of aliphatic hydroxyl groups is 1. The number of hydrogen-bond acceptors (Lipinski definition) is 7. The number of carbonyl (C=O) groups excluding carboxylic acids is 1. The van der Waals surface area contributed by atoms with Gasteiger partial charge in [0.05, 0.1) is 42.1 Å². The monoisotopic (exact) mass is 517 g/mol. The average Bonchev–Trinajstić information content (AvgIpc) is 2.85. The van der Waals surface area contributed by atoms with E-state index >= 15 is 0 Å². The van der Waals surface area contributed by atoms with Crippen molar-refractivity contribution in [1.82, 2.24) is 4.72 Å². The maximum absolute atomic E-state index is 12.5. The smallest absolute Gasteiger partial charge is 0.240 e. The van der Waals surface area contributed by atoms with Crippen molar-refractivity contribution >= 4 is 32.9 Å². The predicted molar refractivity (Wildman–Crippen MR) is 142 cm³/mol. The maximum atomic E-state index is 12.5. The third-order valence-corrected chi connectivity index (χ3v) is 7.53. The average molecular weight is 518 g/mol. The van der Waals surface area contributed by atoms with Crippen LogP contribution in [0.2, 0.25) is 0 Å². The first-order chi connectivity index (χ1) is 17.0. The van der Waals surface area contributed by atoms with Crippen LogP contribution in [0.3, 0.4) is 0 Å². The van der Waals surface area contributed by atoms with E-state index in [2.05, 4.69) is 24.5 Å². The van der Waals surface area contributed by atoms with Gasteiger partial charge in [-0.3, -0.25) is 4.79 Å². The first kappa shape index (κ1) is 27.7. The van der Waals surface area contributed by atoms with Gasteiger partial charge in [0.1, 0.15) is 6.10 Å². The quantitative estimate of drug-likeness (QED) is 0.363. The van der Waals surface area contributed by atoms with Crippen molar-refractivity contribution in [2.75, 3.05) is 42.7 Å². The van der Waals surface area contributed by atoms with Crippen LogP contribution in [0, 0.1) is 0 Å². The first-order valence-corrected chi connectivity index (χ1v) is 13.3. The highest BCUT2D eigenvalue weighted by Gasteiger charge is 2.33. The molecule has 3 rings (SSSR count). The van der Waals surface area contributed by atoms with Crippen LogP contribution in [0.1, 0.15) is 32.3 Å². The lowest BCUT2D eigenvalue weighted by atomic mass is 10.0. The standard InChI is InChI=1S/C26H35N3O6S/c1-18(6-7-20(3)36(32,33)27-12-13-30)23-8-9-25-26(16-23)28(17-19(2)29(25)21(4)31)22(5)35-24-10-14-34-15-11-24/h6-9,16,19,24,27,30H,1,3,5,10-15,17H2,2,4H3/b7-6-. The Morgan fingerprint density at radius 2 is 1.92 bits per heavy atom. The fourth-order valence-corrected chi connectivity index (χ4v) is 5.04. The molecule has 2 aliphatic heterocycles. The minimum absolute atomic E-state index is 0.0179. The van der Waals surface area contributed by atoms with E-state index < -0.39 is 10.0 Å². The van der Waals surface area contributed by atoms with Crippen LogP contribution in [0.15, 0.2) is 60.9 Å². The zero-order valence-electron chi connectivity index (χ0n) is 20.9. The summed E-state index contributed by atoms with van der Waals surface area (Å²) in [6, 6.07) is 5.48. The molecule has 0 spiro atoms. The van der Waals surface area contributed by atoms with E-state index in [0.717, 1.165) is 29.8 Å². The van der Waals surface area contributed by atoms with Crippen molar-refractivity contribution in [3.8, 4) is 0 Å². The normalized spacial score (nSPS) is 18.7. The van der Waals surface area contributed by atoms with Crippen LogP contribution in [0.25, 0.3) is 5.57 Å². The molecule has 1 saturated heterocycles. The van der Waals surface area contributed by atoms with E-state index in [1.165, 1.54) is 13.0 Å². The number of carbonyl (C=O) groups is 1. The number of ether oxygens (including phenoxy) is 2. The van der Waals surface area contributed by atoms with Gasteiger partial charge in [0.2, 0.25) is 15.9 Å². The number of anilines is 2. The number of rotatable bonds is 10. The van der Waals surface area contributed by atoms with Gasteiger partial charge in [-0.05, 0) is 42.8 Å². The van der Waals surface area contributed by atoms with Crippen LogP contribution in [0.4, 0.5) is 11.4 Å². The Morgan fingerprint density at radius 3 is 2.56 bits per heavy atom. The summed E-state index contributed by atoms with van der Waals surface area (Å²) >= 11 is 0. The second-order valence-electron chi connectivity index (χ2n) is 8.82. The second-order valence-corrected chi connectivity index (χ2v) is 10.6. The summed E-state index contributed by atoms with van der Waals surface area (Å²) in [5, 5.41) is 8.86. The van der Waals surface area contributed by atoms with Crippen molar-refractivity contribution < 1.29 is 27.8 Å². The Labute approximate surface area is 213 Å². The van der Waals surface area contributed by atoms with Gasteiger partial charge in [0, 0.05) is 32.9 Å². The van der Waals surface area contributed by atoms with Crippen LogP contribution in [-0.2, 0) is 24.3 Å². The molecule has 0 radical (unpaired) electrons. The van der Waals surface area contributed by atoms with Gasteiger partial charge in [0.25, 0.3) is 0 Å². The van der Waals surface area contributed by atoms with E-state index in [1.54, 1.807) is 11.0 Å². The molecule has 36 heavy (non-hydrogen) atoms. The summed E-state index contributed by atoms with van der Waals surface area (Å²) in [6.07, 6.45) is 4.52. The van der Waals surface area contributed by atoms with Crippen molar-refractivity contribution in [3.05, 3.63) is 66.4 Å². The van der Waals surface area contributed by atoms with Crippen LogP contribution < -0.4 is 14.5 Å². The van der Waals surface area contributed by atoms with Gasteiger partial charge < -0.3 is 24.4 Å². The fraction of sp³-hybridized carbons (Fsp3) is 0.423. The number of nitrogens with one attached hydrogen (secondary N) is 1. The number of hydrogen-bond donors (Lipinski definition) is 2. The lowest BCUT2D eigenvalue weighted by molar-refractivity contribution is -0.117. The lowest BCUT2D eigenvalue weighted by Crippen LogP contribution is -2.49. The Morgan fingerprint density at radius 1 is 1.22 bits per heavy atom. The van der Waals surface area contributed by atoms with Gasteiger partial charge in [0.15, 0.2) is 5.88 Å². The highest BCUT2D eigenvalue weighted by molar-refractivity contribution is 7.93. The van der Waals surface area contributed by atoms with E-state index in [1.807, 2.05) is 30.0 Å². The molecule has 2 N–H and O–H groups in total. The summed E-state index contributed by atoms with van der Waals surface area (Å²) < 4.78 is 38.2. The topological polar surface area (TPSA) is 108 Å². The number of allylic oxidation sites excluding steroid dienone is 3. The van der Waals surface area contributed by atoms with E-state index in [0.29, 0.717) is 31.2 Å². The highest BCUT2D eigenvalue weighted by Crippen LogP contribution is 2.40. The maximum Gasteiger partial charge on any atom is 0.240 e. The number of sulfonamides is 1. The molecule has 2 aliphatic rings. The third-order valence-electron chi connectivity index (χ3n) is 6.11. The van der Waals surface area contributed by atoms with Crippen LogP contribution >= 0.6 is 0 Å². The number of aliphatic hydroxyl groups excluding tert-OH is 1. The SMILES string of the molecule is C=C(/C=C\C(=C)S(=O)(=O)NCCO)c1ccc2c(c1)N(C(=C)OC1CCOCC1)CC(C)N2C(C)=O. The number of nitrogens with zero attached hydrogens (tertiary/aromatic N) is 2. The summed E-state index contributed by atoms with van der Waals surface area (Å²) in [5.74, 6) is 0.439. The minimum atomic E-state index is -3.79. The Hall–Kier alpha value is -2.92. The number of benzene rings is 1. The summed E-state index contributed by atoms with van der Waals surface area (Å²) in [4.78, 5) is 16.0. The molecule has 0 saturated carbocycles.